The van der Waals surface area contributed by atoms with Crippen molar-refractivity contribution < 1.29 is 19.1 Å². The van der Waals surface area contributed by atoms with Gasteiger partial charge in [0.25, 0.3) is 0 Å². The van der Waals surface area contributed by atoms with Crippen LogP contribution >= 0.6 is 0 Å². The van der Waals surface area contributed by atoms with Crippen LogP contribution in [0.25, 0.3) is 0 Å². The van der Waals surface area contributed by atoms with Crippen molar-refractivity contribution in [3.05, 3.63) is 0 Å². The molecule has 0 saturated heterocycles. The van der Waals surface area contributed by atoms with E-state index in [4.69, 9.17) is 9.16 Å². The number of carbonyl (C=O) groups is 1. The van der Waals surface area contributed by atoms with Gasteiger partial charge in [0.1, 0.15) is 0 Å². The number of hydrogen-bond acceptors (Lipinski definition) is 4. The van der Waals surface area contributed by atoms with Gasteiger partial charge in [-0.3, -0.25) is 4.79 Å². The molecule has 0 spiro atoms. The number of ether oxygens (including phenoxy) is 1. The summed E-state index contributed by atoms with van der Waals surface area (Å²) < 4.78 is 12.7. The molecule has 1 unspecified atom stereocenters. The fourth-order valence-corrected chi connectivity index (χ4v) is 10.8. The van der Waals surface area contributed by atoms with Crippen LogP contribution in [0.4, 0.5) is 0 Å². The number of aliphatic hydroxyl groups is 1. The smallest absolute Gasteiger partial charge is 0.302 e. The third kappa shape index (κ3) is 7.21. The number of esters is 1. The minimum atomic E-state index is -1.88. The summed E-state index contributed by atoms with van der Waals surface area (Å²) in [6, 6.07) is 0. The zero-order chi connectivity index (χ0) is 30.1. The van der Waals surface area contributed by atoms with Crippen LogP contribution in [0, 0.1) is 52.3 Å². The summed E-state index contributed by atoms with van der Waals surface area (Å²) in [6.45, 7) is 26.2. The summed E-state index contributed by atoms with van der Waals surface area (Å²) >= 11 is 0. The van der Waals surface area contributed by atoms with Gasteiger partial charge in [-0.25, -0.2) is 0 Å². The van der Waals surface area contributed by atoms with E-state index >= 15 is 0 Å². The van der Waals surface area contributed by atoms with Crippen LogP contribution in [0.15, 0.2) is 0 Å². The second kappa shape index (κ2) is 13.1. The van der Waals surface area contributed by atoms with Crippen molar-refractivity contribution in [1.29, 1.82) is 0 Å². The van der Waals surface area contributed by atoms with Gasteiger partial charge >= 0.3 is 5.97 Å². The molecular weight excluding hydrogens is 512 g/mol. The van der Waals surface area contributed by atoms with Crippen molar-refractivity contribution in [1.82, 2.24) is 0 Å². The van der Waals surface area contributed by atoms with Gasteiger partial charge in [-0.05, 0) is 109 Å². The highest BCUT2D eigenvalue weighted by Gasteiger charge is 2.59. The van der Waals surface area contributed by atoms with E-state index in [-0.39, 0.29) is 28.4 Å². The van der Waals surface area contributed by atoms with E-state index in [2.05, 4.69) is 68.5 Å². The van der Waals surface area contributed by atoms with Crippen LogP contribution in [-0.2, 0) is 14.0 Å². The highest BCUT2D eigenvalue weighted by Crippen LogP contribution is 2.65. The molecule has 0 radical (unpaired) electrons. The van der Waals surface area contributed by atoms with Gasteiger partial charge in [-0.15, -0.1) is 0 Å². The lowest BCUT2D eigenvalue weighted by Crippen LogP contribution is -2.54. The Morgan fingerprint density at radius 2 is 1.60 bits per heavy atom. The number of fused-ring (bicyclic) bond motifs is 1. The normalized spacial score (nSPS) is 37.8. The van der Waals surface area contributed by atoms with E-state index in [1.165, 1.54) is 51.9 Å². The van der Waals surface area contributed by atoms with E-state index in [0.717, 1.165) is 37.0 Å². The second-order valence-electron chi connectivity index (χ2n) is 16.9. The first kappa shape index (κ1) is 34.1. The molecule has 3 saturated carbocycles. The minimum absolute atomic E-state index is 0.0540. The maximum absolute atomic E-state index is 12.0. The Labute approximate surface area is 249 Å². The summed E-state index contributed by atoms with van der Waals surface area (Å²) in [5, 5.41) is 11.2. The monoisotopic (exact) mass is 578 g/mol. The standard InChI is InChI=1S/C35H66O4Si/c1-24(2)13-12-14-25(3)30-15-16-31-29(22-36)32(18-20-35(30,31)9)34(8)19-17-28(21-27(34)23-38-26(4)37)39-40(10,11)33(5,6)7/h24-25,27-32,36H,12-23H2,1-11H3/t25-,27-,28?,29+,30-,31+,32+,34+,35-/m1/s1. The summed E-state index contributed by atoms with van der Waals surface area (Å²) in [4.78, 5) is 12.0. The molecule has 0 heterocycles. The Hall–Kier alpha value is -0.393. The van der Waals surface area contributed by atoms with Crippen LogP contribution in [0.3, 0.4) is 0 Å². The SMILES string of the molecule is CC(=O)OC[C@H]1CC(O[Si](C)(C)C(C)(C)C)CC[C@]1(C)[C@H]1CC[C@]2(C)[C@@H]([C@H](C)CCCC(C)C)CC[C@H]2[C@@H]1CO. The third-order valence-corrected chi connectivity index (χ3v) is 17.5. The van der Waals surface area contributed by atoms with Crippen LogP contribution < -0.4 is 0 Å². The number of carbonyl (C=O) groups excluding carboxylic acids is 1. The average molecular weight is 579 g/mol. The first-order chi connectivity index (χ1) is 18.5. The predicted octanol–water partition coefficient (Wildman–Crippen LogP) is 9.26. The molecule has 40 heavy (non-hydrogen) atoms. The first-order valence-corrected chi connectivity index (χ1v) is 19.8. The third-order valence-electron chi connectivity index (χ3n) is 12.9. The highest BCUT2D eigenvalue weighted by molar-refractivity contribution is 6.74. The Kier molecular flexibility index (Phi) is 11.2. The van der Waals surface area contributed by atoms with Crippen molar-refractivity contribution >= 4 is 14.3 Å². The van der Waals surface area contributed by atoms with Crippen LogP contribution in [0.1, 0.15) is 127 Å². The van der Waals surface area contributed by atoms with Gasteiger partial charge in [0.2, 0.25) is 0 Å². The summed E-state index contributed by atoms with van der Waals surface area (Å²) in [5.41, 5.74) is 0.393. The molecule has 3 rings (SSSR count). The lowest BCUT2D eigenvalue weighted by molar-refractivity contribution is -0.151. The molecule has 0 aromatic carbocycles. The Balaban J connectivity index is 1.80. The quantitative estimate of drug-likeness (QED) is 0.196. The molecule has 9 atom stereocenters. The van der Waals surface area contributed by atoms with Crippen molar-refractivity contribution in [2.75, 3.05) is 13.2 Å². The summed E-state index contributed by atoms with van der Waals surface area (Å²) in [7, 11) is -1.88. The van der Waals surface area contributed by atoms with Gasteiger partial charge < -0.3 is 14.3 Å². The maximum atomic E-state index is 12.0. The molecule has 4 nitrogen and oxygen atoms in total. The number of hydrogen-bond donors (Lipinski definition) is 1. The average Bonchev–Trinajstić information content (AvgIpc) is 3.19. The maximum Gasteiger partial charge on any atom is 0.302 e. The topological polar surface area (TPSA) is 55.8 Å². The summed E-state index contributed by atoms with van der Waals surface area (Å²) in [5.74, 6) is 3.83. The molecule has 1 N–H and O–H groups in total. The molecule has 0 aliphatic heterocycles. The van der Waals surface area contributed by atoms with Gasteiger partial charge in [0, 0.05) is 25.6 Å². The molecule has 0 bridgehead atoms. The molecule has 0 aromatic heterocycles. The van der Waals surface area contributed by atoms with Crippen LogP contribution in [0.5, 0.6) is 0 Å². The first-order valence-electron chi connectivity index (χ1n) is 16.9. The summed E-state index contributed by atoms with van der Waals surface area (Å²) in [6.07, 6.45) is 12.4. The van der Waals surface area contributed by atoms with Crippen molar-refractivity contribution in [3.8, 4) is 0 Å². The van der Waals surface area contributed by atoms with Gasteiger partial charge in [0.15, 0.2) is 8.32 Å². The van der Waals surface area contributed by atoms with Gasteiger partial charge in [0.05, 0.1) is 6.61 Å². The van der Waals surface area contributed by atoms with E-state index in [1.54, 1.807) is 0 Å². The number of aliphatic hydroxyl groups excluding tert-OH is 1. The Bertz CT molecular complexity index is 834. The van der Waals surface area contributed by atoms with E-state index in [1.807, 2.05) is 0 Å². The van der Waals surface area contributed by atoms with Crippen LogP contribution in [0.2, 0.25) is 18.1 Å². The molecule has 5 heteroatoms. The Morgan fingerprint density at radius 1 is 0.975 bits per heavy atom. The minimum Gasteiger partial charge on any atom is -0.466 e. The molecule has 3 fully saturated rings. The molecule has 0 amide bonds. The number of rotatable bonds is 11. The molecule has 3 aliphatic carbocycles. The highest BCUT2D eigenvalue weighted by atomic mass is 28.4. The van der Waals surface area contributed by atoms with Gasteiger partial charge in [-0.1, -0.05) is 74.7 Å². The molecule has 0 aromatic rings. The largest absolute Gasteiger partial charge is 0.466 e. The van der Waals surface area contributed by atoms with Crippen molar-refractivity contribution in [2.24, 2.45) is 52.3 Å². The zero-order valence-electron chi connectivity index (χ0n) is 28.3. The zero-order valence-corrected chi connectivity index (χ0v) is 29.3. The van der Waals surface area contributed by atoms with E-state index < -0.39 is 8.32 Å². The molecule has 234 valence electrons. The fraction of sp³-hybridized carbons (Fsp3) is 0.971. The Morgan fingerprint density at radius 3 is 2.17 bits per heavy atom. The van der Waals surface area contributed by atoms with Crippen molar-refractivity contribution in [3.63, 3.8) is 0 Å². The fourth-order valence-electron chi connectivity index (χ4n) is 9.43. The van der Waals surface area contributed by atoms with Gasteiger partial charge in [-0.2, -0.15) is 0 Å². The van der Waals surface area contributed by atoms with Crippen molar-refractivity contribution in [2.45, 2.75) is 151 Å². The lowest BCUT2D eigenvalue weighted by Gasteiger charge is -2.58. The second-order valence-corrected chi connectivity index (χ2v) is 21.6. The van der Waals surface area contributed by atoms with E-state index in [9.17, 15) is 9.90 Å². The molecule has 3 aliphatic rings. The van der Waals surface area contributed by atoms with E-state index in [0.29, 0.717) is 36.4 Å². The lowest BCUT2D eigenvalue weighted by atomic mass is 9.48. The molecular formula is C35H66O4Si. The predicted molar refractivity (Wildman–Crippen MR) is 170 cm³/mol. The van der Waals surface area contributed by atoms with Crippen LogP contribution in [-0.4, -0.2) is 38.7 Å².